The minimum absolute atomic E-state index is 0.634. The molecule has 0 aromatic heterocycles. The molecule has 0 atom stereocenters. The van der Waals surface area contributed by atoms with E-state index in [0.29, 0.717) is 0 Å². The number of rotatable bonds is 5. The van der Waals surface area contributed by atoms with Crippen LogP contribution in [0.1, 0.15) is 17.2 Å². The van der Waals surface area contributed by atoms with Crippen LogP contribution in [0.5, 0.6) is 0 Å². The lowest BCUT2D eigenvalue weighted by atomic mass is 10.0. The molecule has 2 rings (SSSR count). The molecule has 0 saturated heterocycles. The van der Waals surface area contributed by atoms with Gasteiger partial charge in [-0.05, 0) is 11.1 Å². The highest BCUT2D eigenvalue weighted by molar-refractivity contribution is 5.71. The molecule has 0 fully saturated rings. The Morgan fingerprint density at radius 2 is 1.45 bits per heavy atom. The number of carbonyl (C=O) groups is 1. The Morgan fingerprint density at radius 1 is 1.00 bits per heavy atom. The number of nitro groups is 1. The Kier molecular flexibility index (Phi) is 4.44. The van der Waals surface area contributed by atoms with Crippen molar-refractivity contribution in [2.24, 2.45) is 0 Å². The zero-order chi connectivity index (χ0) is 14.4. The number of hydrogen-bond acceptors (Lipinski definition) is 4. The maximum absolute atomic E-state index is 11.5. The SMILES string of the molecule is O=C(C[N+](=O)[O-])OC(c1ccccc1)c1ccccc1. The third kappa shape index (κ3) is 3.65. The van der Waals surface area contributed by atoms with E-state index in [2.05, 4.69) is 0 Å². The molecule has 0 radical (unpaired) electrons. The normalized spacial score (nSPS) is 10.2. The molecular formula is C15H13NO4. The molecule has 2 aromatic rings. The molecule has 0 saturated carbocycles. The molecule has 0 amide bonds. The number of carbonyl (C=O) groups excluding carboxylic acids is 1. The fraction of sp³-hybridized carbons (Fsp3) is 0.133. The van der Waals surface area contributed by atoms with Gasteiger partial charge in [-0.3, -0.25) is 10.1 Å². The van der Waals surface area contributed by atoms with Crippen molar-refractivity contribution in [2.75, 3.05) is 6.54 Å². The summed E-state index contributed by atoms with van der Waals surface area (Å²) in [7, 11) is 0. The van der Waals surface area contributed by atoms with Gasteiger partial charge in [-0.25, -0.2) is 4.79 Å². The summed E-state index contributed by atoms with van der Waals surface area (Å²) in [5.41, 5.74) is 1.55. The van der Waals surface area contributed by atoms with Crippen molar-refractivity contribution >= 4 is 5.97 Å². The second-order valence-electron chi connectivity index (χ2n) is 4.18. The molecule has 0 bridgehead atoms. The van der Waals surface area contributed by atoms with Crippen molar-refractivity contribution in [1.29, 1.82) is 0 Å². The number of hydrogen-bond donors (Lipinski definition) is 0. The van der Waals surface area contributed by atoms with Crippen LogP contribution in [-0.4, -0.2) is 17.4 Å². The van der Waals surface area contributed by atoms with Gasteiger partial charge in [0.15, 0.2) is 6.10 Å². The third-order valence-electron chi connectivity index (χ3n) is 2.71. The van der Waals surface area contributed by atoms with Crippen molar-refractivity contribution < 1.29 is 14.5 Å². The molecule has 20 heavy (non-hydrogen) atoms. The monoisotopic (exact) mass is 271 g/mol. The van der Waals surface area contributed by atoms with Gasteiger partial charge in [-0.1, -0.05) is 60.7 Å². The highest BCUT2D eigenvalue weighted by Gasteiger charge is 2.21. The van der Waals surface area contributed by atoms with Crippen LogP contribution in [0, 0.1) is 10.1 Å². The standard InChI is InChI=1S/C15H13NO4/c17-14(11-16(18)19)20-15(12-7-3-1-4-8-12)13-9-5-2-6-10-13/h1-10,15H,11H2. The highest BCUT2D eigenvalue weighted by Crippen LogP contribution is 2.25. The fourth-order valence-electron chi connectivity index (χ4n) is 1.86. The molecule has 0 heterocycles. The van der Waals surface area contributed by atoms with Crippen LogP contribution in [0.2, 0.25) is 0 Å². The highest BCUT2D eigenvalue weighted by atomic mass is 16.6. The van der Waals surface area contributed by atoms with Crippen LogP contribution in [0.15, 0.2) is 60.7 Å². The van der Waals surface area contributed by atoms with E-state index in [1.54, 1.807) is 0 Å². The maximum atomic E-state index is 11.5. The first kappa shape index (κ1) is 13.7. The molecule has 0 N–H and O–H groups in total. The van der Waals surface area contributed by atoms with Crippen molar-refractivity contribution in [3.8, 4) is 0 Å². The molecule has 0 aliphatic carbocycles. The summed E-state index contributed by atoms with van der Waals surface area (Å²) in [5, 5.41) is 10.4. The first-order valence-corrected chi connectivity index (χ1v) is 6.08. The van der Waals surface area contributed by atoms with E-state index in [0.717, 1.165) is 11.1 Å². The predicted octanol–water partition coefficient (Wildman–Crippen LogP) is 2.60. The largest absolute Gasteiger partial charge is 0.448 e. The molecule has 5 nitrogen and oxygen atoms in total. The zero-order valence-electron chi connectivity index (χ0n) is 10.6. The number of esters is 1. The fourth-order valence-corrected chi connectivity index (χ4v) is 1.86. The van der Waals surface area contributed by atoms with Gasteiger partial charge in [-0.2, -0.15) is 0 Å². The maximum Gasteiger partial charge on any atom is 0.379 e. The van der Waals surface area contributed by atoms with E-state index in [-0.39, 0.29) is 0 Å². The van der Waals surface area contributed by atoms with E-state index >= 15 is 0 Å². The average Bonchev–Trinajstić information content (AvgIpc) is 2.46. The minimum atomic E-state index is -0.854. The predicted molar refractivity (Wildman–Crippen MR) is 72.7 cm³/mol. The minimum Gasteiger partial charge on any atom is -0.448 e. The average molecular weight is 271 g/mol. The Morgan fingerprint density at radius 3 is 1.85 bits per heavy atom. The molecule has 0 unspecified atom stereocenters. The van der Waals surface area contributed by atoms with Crippen LogP contribution in [0.25, 0.3) is 0 Å². The molecule has 2 aromatic carbocycles. The molecule has 0 aliphatic rings. The van der Waals surface area contributed by atoms with E-state index in [1.807, 2.05) is 60.7 Å². The summed E-state index contributed by atoms with van der Waals surface area (Å²) in [5.74, 6) is -0.854. The number of benzene rings is 2. The van der Waals surface area contributed by atoms with Crippen LogP contribution in [0.4, 0.5) is 0 Å². The lowest BCUT2D eigenvalue weighted by Gasteiger charge is -2.17. The molecule has 5 heteroatoms. The van der Waals surface area contributed by atoms with Gasteiger partial charge in [0.1, 0.15) is 0 Å². The second kappa shape index (κ2) is 6.47. The van der Waals surface area contributed by atoms with E-state index in [4.69, 9.17) is 4.74 Å². The van der Waals surface area contributed by atoms with Crippen LogP contribution in [-0.2, 0) is 9.53 Å². The lowest BCUT2D eigenvalue weighted by molar-refractivity contribution is -0.470. The van der Waals surface area contributed by atoms with E-state index in [9.17, 15) is 14.9 Å². The van der Waals surface area contributed by atoms with Gasteiger partial charge in [0.25, 0.3) is 6.54 Å². The summed E-state index contributed by atoms with van der Waals surface area (Å²) in [6.07, 6.45) is -0.634. The number of nitrogens with zero attached hydrogens (tertiary/aromatic N) is 1. The second-order valence-corrected chi connectivity index (χ2v) is 4.18. The van der Waals surface area contributed by atoms with Crippen molar-refractivity contribution in [3.63, 3.8) is 0 Å². The van der Waals surface area contributed by atoms with Crippen molar-refractivity contribution in [3.05, 3.63) is 81.9 Å². The van der Waals surface area contributed by atoms with Gasteiger partial charge < -0.3 is 4.74 Å². The van der Waals surface area contributed by atoms with Crippen molar-refractivity contribution in [1.82, 2.24) is 0 Å². The van der Waals surface area contributed by atoms with Gasteiger partial charge in [0.05, 0.1) is 0 Å². The van der Waals surface area contributed by atoms with Gasteiger partial charge in [0.2, 0.25) is 0 Å². The van der Waals surface area contributed by atoms with Crippen LogP contribution in [0.3, 0.4) is 0 Å². The van der Waals surface area contributed by atoms with E-state index in [1.165, 1.54) is 0 Å². The third-order valence-corrected chi connectivity index (χ3v) is 2.71. The zero-order valence-corrected chi connectivity index (χ0v) is 10.6. The van der Waals surface area contributed by atoms with Crippen LogP contribution < -0.4 is 0 Å². The summed E-state index contributed by atoms with van der Waals surface area (Å²) in [6, 6.07) is 18.3. The first-order chi connectivity index (χ1) is 9.66. The van der Waals surface area contributed by atoms with Crippen LogP contribution >= 0.6 is 0 Å². The molecule has 0 aliphatic heterocycles. The first-order valence-electron chi connectivity index (χ1n) is 6.08. The summed E-state index contributed by atoms with van der Waals surface area (Å²) in [6.45, 7) is -0.837. The Bertz CT molecular complexity index is 544. The molecule has 102 valence electrons. The van der Waals surface area contributed by atoms with Gasteiger partial charge in [-0.15, -0.1) is 0 Å². The van der Waals surface area contributed by atoms with E-state index < -0.39 is 23.5 Å². The lowest BCUT2D eigenvalue weighted by Crippen LogP contribution is -2.20. The van der Waals surface area contributed by atoms with Gasteiger partial charge >= 0.3 is 5.97 Å². The smallest absolute Gasteiger partial charge is 0.379 e. The quantitative estimate of drug-likeness (QED) is 0.476. The van der Waals surface area contributed by atoms with Gasteiger partial charge in [0, 0.05) is 4.92 Å². The number of ether oxygens (including phenoxy) is 1. The summed E-state index contributed by atoms with van der Waals surface area (Å²) in [4.78, 5) is 21.2. The molecule has 0 spiro atoms. The molecular weight excluding hydrogens is 258 g/mol. The Hall–Kier alpha value is -2.69. The Balaban J connectivity index is 2.26. The Labute approximate surface area is 116 Å². The topological polar surface area (TPSA) is 69.4 Å². The summed E-state index contributed by atoms with van der Waals surface area (Å²) < 4.78 is 5.25. The summed E-state index contributed by atoms with van der Waals surface area (Å²) >= 11 is 0. The van der Waals surface area contributed by atoms with Crippen molar-refractivity contribution in [2.45, 2.75) is 6.10 Å².